The molecule has 4 heteroatoms. The van der Waals surface area contributed by atoms with Gasteiger partial charge in [0.1, 0.15) is 17.7 Å². The van der Waals surface area contributed by atoms with Crippen molar-refractivity contribution in [3.8, 4) is 23.3 Å². The van der Waals surface area contributed by atoms with Crippen LogP contribution < -0.4 is 0 Å². The van der Waals surface area contributed by atoms with Gasteiger partial charge in [-0.05, 0) is 29.5 Å². The molecule has 122 valence electrons. The fourth-order valence-electron chi connectivity index (χ4n) is 3.27. The Labute approximate surface area is 151 Å². The molecule has 1 aliphatic carbocycles. The van der Waals surface area contributed by atoms with Gasteiger partial charge in [-0.25, -0.2) is 0 Å². The van der Waals surface area contributed by atoms with E-state index in [9.17, 15) is 15.3 Å². The Morgan fingerprint density at radius 1 is 0.920 bits per heavy atom. The monoisotopic (exact) mass is 346 g/mol. The third kappa shape index (κ3) is 2.95. The van der Waals surface area contributed by atoms with E-state index in [0.29, 0.717) is 23.4 Å². The van der Waals surface area contributed by atoms with Gasteiger partial charge in [-0.1, -0.05) is 42.5 Å². The summed E-state index contributed by atoms with van der Waals surface area (Å²) in [5, 5.41) is 18.7. The summed E-state index contributed by atoms with van der Waals surface area (Å²) in [4.78, 5) is 12.7. The number of allylic oxidation sites excluding steroid dienone is 1. The molecule has 0 aliphatic heterocycles. The lowest BCUT2D eigenvalue weighted by atomic mass is 9.94. The molecule has 2 aromatic rings. The van der Waals surface area contributed by atoms with E-state index in [1.807, 2.05) is 54.6 Å². The van der Waals surface area contributed by atoms with Gasteiger partial charge in [0.25, 0.3) is 0 Å². The summed E-state index contributed by atoms with van der Waals surface area (Å²) in [5.74, 6) is 0.609. The molecule has 0 N–H and O–H groups in total. The Hall–Kier alpha value is -2.88. The minimum absolute atomic E-state index is 0.0634. The van der Waals surface area contributed by atoms with Crippen LogP contribution in [0, 0.1) is 22.7 Å². The number of nitriles is 2. The van der Waals surface area contributed by atoms with Crippen molar-refractivity contribution in [2.24, 2.45) is 0 Å². The van der Waals surface area contributed by atoms with Crippen molar-refractivity contribution in [3.63, 3.8) is 0 Å². The average molecular weight is 347 g/mol. The lowest BCUT2D eigenvalue weighted by molar-refractivity contribution is 0.0980. The molecule has 1 aliphatic rings. The van der Waals surface area contributed by atoms with Crippen LogP contribution in [0.2, 0.25) is 0 Å². The van der Waals surface area contributed by atoms with Gasteiger partial charge in [0, 0.05) is 29.0 Å². The molecule has 0 atom stereocenters. The summed E-state index contributed by atoms with van der Waals surface area (Å²) in [6, 6.07) is 17.1. The van der Waals surface area contributed by atoms with Crippen LogP contribution in [-0.2, 0) is 0 Å². The van der Waals surface area contributed by atoms with E-state index in [0.717, 1.165) is 35.1 Å². The van der Waals surface area contributed by atoms with Crippen LogP contribution in [0.3, 0.4) is 0 Å². The summed E-state index contributed by atoms with van der Waals surface area (Å²) < 4.78 is 0. The van der Waals surface area contributed by atoms with E-state index >= 15 is 0 Å². The number of unbranched alkanes of at least 4 members (excludes halogenated alkanes) is 1. The maximum atomic E-state index is 12.7. The average Bonchev–Trinajstić information content (AvgIpc) is 2.98. The van der Waals surface area contributed by atoms with E-state index in [-0.39, 0.29) is 11.4 Å². The molecule has 0 amide bonds. The number of fused-ring (bicyclic) bond motifs is 3. The zero-order chi connectivity index (χ0) is 17.8. The quantitative estimate of drug-likeness (QED) is 0.279. The van der Waals surface area contributed by atoms with Gasteiger partial charge in [0.05, 0.1) is 0 Å². The summed E-state index contributed by atoms with van der Waals surface area (Å²) in [7, 11) is 0. The first-order chi connectivity index (χ1) is 12.2. The minimum atomic E-state index is 0.0634. The molecule has 0 radical (unpaired) electrons. The van der Waals surface area contributed by atoms with Gasteiger partial charge in [0.2, 0.25) is 0 Å². The molecule has 25 heavy (non-hydrogen) atoms. The van der Waals surface area contributed by atoms with Gasteiger partial charge in [0.15, 0.2) is 5.78 Å². The molecule has 3 nitrogen and oxygen atoms in total. The van der Waals surface area contributed by atoms with Crippen molar-refractivity contribution in [1.82, 2.24) is 0 Å². The standard InChI is InChI=1S/C21H15ClN2O/c22-11-4-3-10-19(25)17-8-5-9-18-20(14(12-23)13-24)15-6-1-2-7-16(15)21(17)18/h1-2,5-9H,3-4,10-11H2. The van der Waals surface area contributed by atoms with Crippen molar-refractivity contribution in [3.05, 3.63) is 64.7 Å². The van der Waals surface area contributed by atoms with Gasteiger partial charge in [-0.2, -0.15) is 10.5 Å². The second kappa shape index (κ2) is 7.34. The molecular formula is C21H15ClN2O. The van der Waals surface area contributed by atoms with Crippen LogP contribution in [0.25, 0.3) is 16.7 Å². The molecule has 2 aromatic carbocycles. The third-order valence-electron chi connectivity index (χ3n) is 4.36. The van der Waals surface area contributed by atoms with Gasteiger partial charge in [-0.3, -0.25) is 4.79 Å². The van der Waals surface area contributed by atoms with Gasteiger partial charge >= 0.3 is 0 Å². The number of halogens is 1. The van der Waals surface area contributed by atoms with E-state index in [2.05, 4.69) is 0 Å². The van der Waals surface area contributed by atoms with Crippen molar-refractivity contribution in [2.45, 2.75) is 19.3 Å². The Kier molecular flexibility index (Phi) is 4.98. The van der Waals surface area contributed by atoms with Crippen molar-refractivity contribution < 1.29 is 4.79 Å². The number of carbonyl (C=O) groups excluding carboxylic acids is 1. The first-order valence-electron chi connectivity index (χ1n) is 8.09. The fourth-order valence-corrected chi connectivity index (χ4v) is 3.46. The smallest absolute Gasteiger partial charge is 0.163 e. The Bertz CT molecular complexity index is 945. The van der Waals surface area contributed by atoms with Crippen LogP contribution in [0.5, 0.6) is 0 Å². The molecule has 0 saturated heterocycles. The normalized spacial score (nSPS) is 11.2. The second-order valence-corrected chi connectivity index (χ2v) is 6.19. The summed E-state index contributed by atoms with van der Waals surface area (Å²) >= 11 is 5.70. The van der Waals surface area contributed by atoms with Crippen LogP contribution in [0.1, 0.15) is 40.7 Å². The number of hydrogen-bond acceptors (Lipinski definition) is 3. The zero-order valence-corrected chi connectivity index (χ0v) is 14.3. The van der Waals surface area contributed by atoms with E-state index in [1.54, 1.807) is 0 Å². The predicted molar refractivity (Wildman–Crippen MR) is 98.0 cm³/mol. The van der Waals surface area contributed by atoms with Gasteiger partial charge in [-0.15, -0.1) is 11.6 Å². The SMILES string of the molecule is N#CC(C#N)=C1c2ccccc2-c2c(C(=O)CCCCCl)cccc21. The number of benzene rings is 2. The van der Waals surface area contributed by atoms with Crippen LogP contribution in [-0.4, -0.2) is 11.7 Å². The summed E-state index contributed by atoms with van der Waals surface area (Å²) in [5.41, 5.74) is 4.66. The highest BCUT2D eigenvalue weighted by Gasteiger charge is 2.29. The predicted octanol–water partition coefficient (Wildman–Crippen LogP) is 5.11. The number of rotatable bonds is 5. The Balaban J connectivity index is 2.21. The maximum absolute atomic E-state index is 12.7. The first-order valence-corrected chi connectivity index (χ1v) is 8.63. The number of carbonyl (C=O) groups is 1. The van der Waals surface area contributed by atoms with Gasteiger partial charge < -0.3 is 0 Å². The van der Waals surface area contributed by atoms with E-state index < -0.39 is 0 Å². The highest BCUT2D eigenvalue weighted by Crippen LogP contribution is 2.47. The van der Waals surface area contributed by atoms with Crippen LogP contribution >= 0.6 is 11.6 Å². The number of hydrogen-bond donors (Lipinski definition) is 0. The van der Waals surface area contributed by atoms with Crippen LogP contribution in [0.15, 0.2) is 48.0 Å². The first kappa shape index (κ1) is 17.0. The molecule has 0 bridgehead atoms. The van der Waals surface area contributed by atoms with E-state index in [1.165, 1.54) is 0 Å². The van der Waals surface area contributed by atoms with Crippen LogP contribution in [0.4, 0.5) is 0 Å². The van der Waals surface area contributed by atoms with Crippen molar-refractivity contribution in [2.75, 3.05) is 5.88 Å². The number of nitrogens with zero attached hydrogens (tertiary/aromatic N) is 2. The zero-order valence-electron chi connectivity index (χ0n) is 13.6. The molecule has 0 aromatic heterocycles. The number of ketones is 1. The lowest BCUT2D eigenvalue weighted by Crippen LogP contribution is -2.02. The lowest BCUT2D eigenvalue weighted by Gasteiger charge is -2.08. The fraction of sp³-hybridized carbons (Fsp3) is 0.190. The molecule has 0 heterocycles. The number of Topliss-reactive ketones (excluding diaryl/α,β-unsaturated/α-hetero) is 1. The third-order valence-corrected chi connectivity index (χ3v) is 4.63. The number of alkyl halides is 1. The molecule has 3 rings (SSSR count). The second-order valence-electron chi connectivity index (χ2n) is 5.82. The summed E-state index contributed by atoms with van der Waals surface area (Å²) in [6.07, 6.45) is 1.99. The molecule has 0 saturated carbocycles. The van der Waals surface area contributed by atoms with Crippen molar-refractivity contribution in [1.29, 1.82) is 10.5 Å². The largest absolute Gasteiger partial charge is 0.294 e. The molecule has 0 fully saturated rings. The molecule has 0 spiro atoms. The minimum Gasteiger partial charge on any atom is -0.294 e. The highest BCUT2D eigenvalue weighted by atomic mass is 35.5. The van der Waals surface area contributed by atoms with E-state index in [4.69, 9.17) is 11.6 Å². The Morgan fingerprint density at radius 2 is 1.60 bits per heavy atom. The Morgan fingerprint density at radius 3 is 2.28 bits per heavy atom. The maximum Gasteiger partial charge on any atom is 0.163 e. The topological polar surface area (TPSA) is 64.7 Å². The highest BCUT2D eigenvalue weighted by molar-refractivity contribution is 6.17. The van der Waals surface area contributed by atoms with Crippen molar-refractivity contribution >= 4 is 23.0 Å². The summed E-state index contributed by atoms with van der Waals surface area (Å²) in [6.45, 7) is 0. The molecule has 0 unspecified atom stereocenters. The molecular weight excluding hydrogens is 332 g/mol.